The molecule has 1 heterocycles. The number of aromatic nitrogens is 2. The van der Waals surface area contributed by atoms with Gasteiger partial charge in [0.1, 0.15) is 0 Å². The molecule has 5 nitrogen and oxygen atoms in total. The van der Waals surface area contributed by atoms with Crippen LogP contribution in [0.4, 0.5) is 23.2 Å². The average molecular weight is 261 g/mol. The minimum Gasteiger partial charge on any atom is -0.258 e. The lowest BCUT2D eigenvalue weighted by Gasteiger charge is -2.07. The summed E-state index contributed by atoms with van der Waals surface area (Å²) < 4.78 is 50.3. The first kappa shape index (κ1) is 12.1. The molecule has 2 aromatic rings. The van der Waals surface area contributed by atoms with Gasteiger partial charge in [0.15, 0.2) is 5.52 Å². The number of fused-ring (bicyclic) bond motifs is 1. The van der Waals surface area contributed by atoms with Crippen LogP contribution in [-0.4, -0.2) is 14.9 Å². The molecule has 9 heteroatoms. The second-order valence-corrected chi connectivity index (χ2v) is 3.31. The van der Waals surface area contributed by atoms with Crippen LogP contribution in [0.3, 0.4) is 0 Å². The number of nitro benzene ring substituents is 1. The van der Waals surface area contributed by atoms with Crippen molar-refractivity contribution in [3.05, 3.63) is 40.0 Å². The summed E-state index contributed by atoms with van der Waals surface area (Å²) in [5, 5.41) is 10.7. The number of alkyl halides is 3. The number of benzene rings is 1. The molecule has 1 aromatic heterocycles. The summed E-state index contributed by atoms with van der Waals surface area (Å²) >= 11 is 0. The maximum atomic E-state index is 12.8. The molecule has 0 saturated heterocycles. The Morgan fingerprint density at radius 3 is 2.50 bits per heavy atom. The third kappa shape index (κ3) is 2.06. The first-order valence-corrected chi connectivity index (χ1v) is 4.47. The predicted molar refractivity (Wildman–Crippen MR) is 51.2 cm³/mol. The monoisotopic (exact) mass is 261 g/mol. The van der Waals surface area contributed by atoms with Gasteiger partial charge in [0, 0.05) is 6.07 Å². The zero-order valence-corrected chi connectivity index (χ0v) is 8.40. The fourth-order valence-corrected chi connectivity index (χ4v) is 1.39. The summed E-state index contributed by atoms with van der Waals surface area (Å²) in [7, 11) is 0. The zero-order chi connectivity index (χ0) is 13.5. The molecule has 0 aliphatic carbocycles. The highest BCUT2D eigenvalue weighted by Gasteiger charge is 2.33. The quantitative estimate of drug-likeness (QED) is 0.449. The Balaban J connectivity index is 2.83. The van der Waals surface area contributed by atoms with Gasteiger partial charge in [-0.25, -0.2) is 9.97 Å². The van der Waals surface area contributed by atoms with Crippen LogP contribution in [0.5, 0.6) is 0 Å². The highest BCUT2D eigenvalue weighted by molar-refractivity contribution is 5.84. The topological polar surface area (TPSA) is 68.9 Å². The van der Waals surface area contributed by atoms with Crippen molar-refractivity contribution in [1.29, 1.82) is 0 Å². The van der Waals surface area contributed by atoms with E-state index in [0.717, 1.165) is 0 Å². The van der Waals surface area contributed by atoms with Gasteiger partial charge in [-0.1, -0.05) is 0 Å². The third-order valence-electron chi connectivity index (χ3n) is 2.12. The molecule has 0 unspecified atom stereocenters. The van der Waals surface area contributed by atoms with E-state index in [-0.39, 0.29) is 0 Å². The Labute approximate surface area is 96.2 Å². The molecular formula is C9H3F4N3O2. The van der Waals surface area contributed by atoms with Crippen molar-refractivity contribution in [2.75, 3.05) is 0 Å². The smallest absolute Gasteiger partial charge is 0.258 e. The fraction of sp³-hybridized carbons (Fsp3) is 0.111. The summed E-state index contributed by atoms with van der Waals surface area (Å²) in [6.07, 6.45) is -4.18. The lowest BCUT2D eigenvalue weighted by Crippen LogP contribution is -2.07. The van der Waals surface area contributed by atoms with Gasteiger partial charge in [0.05, 0.1) is 22.2 Å². The predicted octanol–water partition coefficient (Wildman–Crippen LogP) is 2.70. The van der Waals surface area contributed by atoms with Gasteiger partial charge in [-0.3, -0.25) is 10.1 Å². The number of nitrogens with zero attached hydrogens (tertiary/aromatic N) is 3. The highest BCUT2D eigenvalue weighted by Crippen LogP contribution is 2.34. The third-order valence-corrected chi connectivity index (χ3v) is 2.12. The second-order valence-electron chi connectivity index (χ2n) is 3.31. The van der Waals surface area contributed by atoms with Crippen LogP contribution in [-0.2, 0) is 6.18 Å². The Kier molecular flexibility index (Phi) is 2.60. The van der Waals surface area contributed by atoms with Crippen molar-refractivity contribution < 1.29 is 22.5 Å². The highest BCUT2D eigenvalue weighted by atomic mass is 19.4. The van der Waals surface area contributed by atoms with Crippen LogP contribution in [0.25, 0.3) is 11.0 Å². The van der Waals surface area contributed by atoms with E-state index in [2.05, 4.69) is 9.97 Å². The van der Waals surface area contributed by atoms with Crippen LogP contribution in [0.1, 0.15) is 5.56 Å². The summed E-state index contributed by atoms with van der Waals surface area (Å²) in [4.78, 5) is 16.2. The molecule has 0 aliphatic rings. The minimum atomic E-state index is -4.78. The summed E-state index contributed by atoms with van der Waals surface area (Å²) in [5.74, 6) is -1.11. The number of non-ortho nitro benzene ring substituents is 1. The summed E-state index contributed by atoms with van der Waals surface area (Å²) in [5.41, 5.74) is -3.06. The van der Waals surface area contributed by atoms with Crippen molar-refractivity contribution in [1.82, 2.24) is 9.97 Å². The lowest BCUT2D eigenvalue weighted by molar-refractivity contribution is -0.383. The van der Waals surface area contributed by atoms with Gasteiger partial charge in [-0.05, 0) is 6.07 Å². The molecule has 2 rings (SSSR count). The summed E-state index contributed by atoms with van der Waals surface area (Å²) in [6, 6.07) is 0.854. The number of halogens is 4. The zero-order valence-electron chi connectivity index (χ0n) is 8.40. The number of hydrogen-bond donors (Lipinski definition) is 0. The molecule has 0 aliphatic heterocycles. The lowest BCUT2D eigenvalue weighted by atomic mass is 10.1. The van der Waals surface area contributed by atoms with Crippen LogP contribution >= 0.6 is 0 Å². The Hall–Kier alpha value is -2.32. The fourth-order valence-electron chi connectivity index (χ4n) is 1.39. The molecule has 0 bridgehead atoms. The molecule has 0 radical (unpaired) electrons. The van der Waals surface area contributed by atoms with E-state index in [4.69, 9.17) is 0 Å². The van der Waals surface area contributed by atoms with Crippen LogP contribution < -0.4 is 0 Å². The van der Waals surface area contributed by atoms with Crippen LogP contribution in [0, 0.1) is 16.1 Å². The normalized spacial score (nSPS) is 11.8. The molecule has 0 atom stereocenters. The van der Waals surface area contributed by atoms with Crippen molar-refractivity contribution in [2.24, 2.45) is 0 Å². The first-order valence-electron chi connectivity index (χ1n) is 4.47. The molecule has 0 N–H and O–H groups in total. The van der Waals surface area contributed by atoms with Crippen LogP contribution in [0.15, 0.2) is 18.3 Å². The van der Waals surface area contributed by atoms with Crippen molar-refractivity contribution in [2.45, 2.75) is 6.18 Å². The van der Waals surface area contributed by atoms with Gasteiger partial charge >= 0.3 is 6.18 Å². The van der Waals surface area contributed by atoms with Crippen LogP contribution in [0.2, 0.25) is 0 Å². The van der Waals surface area contributed by atoms with Crippen molar-refractivity contribution in [3.63, 3.8) is 0 Å². The second kappa shape index (κ2) is 3.86. The van der Waals surface area contributed by atoms with Gasteiger partial charge in [0.2, 0.25) is 5.95 Å². The van der Waals surface area contributed by atoms with Gasteiger partial charge in [-0.15, -0.1) is 0 Å². The molecule has 0 amide bonds. The maximum Gasteiger partial charge on any atom is 0.416 e. The average Bonchev–Trinajstić information content (AvgIpc) is 2.25. The first-order chi connectivity index (χ1) is 8.29. The Morgan fingerprint density at radius 2 is 1.94 bits per heavy atom. The van der Waals surface area contributed by atoms with Crippen molar-refractivity contribution in [3.8, 4) is 0 Å². The van der Waals surface area contributed by atoms with Crippen molar-refractivity contribution >= 4 is 16.7 Å². The molecular weight excluding hydrogens is 258 g/mol. The van der Waals surface area contributed by atoms with Gasteiger partial charge < -0.3 is 0 Å². The van der Waals surface area contributed by atoms with Gasteiger partial charge in [0.25, 0.3) is 5.69 Å². The molecule has 0 saturated carbocycles. The summed E-state index contributed by atoms with van der Waals surface area (Å²) in [6.45, 7) is 0. The van der Waals surface area contributed by atoms with Gasteiger partial charge in [-0.2, -0.15) is 17.6 Å². The number of hydrogen-bond acceptors (Lipinski definition) is 4. The molecule has 0 spiro atoms. The van der Waals surface area contributed by atoms with E-state index in [1.54, 1.807) is 0 Å². The molecule has 1 aromatic carbocycles. The number of rotatable bonds is 1. The number of nitro groups is 1. The van der Waals surface area contributed by atoms with E-state index in [9.17, 15) is 27.7 Å². The maximum absolute atomic E-state index is 12.8. The Morgan fingerprint density at radius 1 is 1.28 bits per heavy atom. The van der Waals surface area contributed by atoms with E-state index < -0.39 is 39.3 Å². The minimum absolute atomic E-state index is 0.342. The largest absolute Gasteiger partial charge is 0.416 e. The molecule has 94 valence electrons. The van der Waals surface area contributed by atoms with E-state index in [1.807, 2.05) is 0 Å². The SMILES string of the molecule is O=[N+]([O-])c1cc(C(F)(F)F)cc2nc(F)cnc12. The molecule has 0 fully saturated rings. The van der Waals surface area contributed by atoms with E-state index in [0.29, 0.717) is 18.3 Å². The molecule has 18 heavy (non-hydrogen) atoms. The van der Waals surface area contributed by atoms with E-state index >= 15 is 0 Å². The Bertz CT molecular complexity index is 641. The van der Waals surface area contributed by atoms with E-state index in [1.165, 1.54) is 0 Å². The standard InChI is InChI=1S/C9H3F4N3O2/c10-7-3-14-8-5(15-7)1-4(9(11,12)13)2-6(8)16(17)18/h1-3H.